The van der Waals surface area contributed by atoms with Crippen LogP contribution in [0.3, 0.4) is 0 Å². The Morgan fingerprint density at radius 1 is 0.871 bits per heavy atom. The molecule has 3 aromatic rings. The Balaban J connectivity index is 1.31. The molecule has 158 valence electrons. The summed E-state index contributed by atoms with van der Waals surface area (Å²) in [6.45, 7) is 0.488. The lowest BCUT2D eigenvalue weighted by molar-refractivity contribution is 0.104. The van der Waals surface area contributed by atoms with E-state index in [0.29, 0.717) is 12.5 Å². The highest BCUT2D eigenvalue weighted by atomic mass is 35.5. The lowest BCUT2D eigenvalue weighted by Crippen LogP contribution is -2.05. The maximum absolute atomic E-state index is 12.5. The molecule has 1 fully saturated rings. The van der Waals surface area contributed by atoms with Crippen LogP contribution in [0.2, 0.25) is 5.02 Å². The average molecular weight is 431 g/mol. The second-order valence-corrected chi connectivity index (χ2v) is 8.58. The number of hydrogen-bond acceptors (Lipinski definition) is 2. The maximum Gasteiger partial charge on any atom is 0.185 e. The summed E-state index contributed by atoms with van der Waals surface area (Å²) in [4.78, 5) is 12.5. The number of hydrogen-bond donors (Lipinski definition) is 0. The number of carbonyl (C=O) groups excluding carboxylic acids is 1. The molecule has 0 radical (unpaired) electrons. The molecule has 1 saturated carbocycles. The Kier molecular flexibility index (Phi) is 7.22. The molecule has 4 rings (SSSR count). The van der Waals surface area contributed by atoms with E-state index in [-0.39, 0.29) is 5.78 Å². The Morgan fingerprint density at radius 3 is 2.23 bits per heavy atom. The van der Waals surface area contributed by atoms with Crippen LogP contribution in [0.25, 0.3) is 6.08 Å². The summed E-state index contributed by atoms with van der Waals surface area (Å²) >= 11 is 5.91. The summed E-state index contributed by atoms with van der Waals surface area (Å²) in [7, 11) is 0. The number of ketones is 1. The van der Waals surface area contributed by atoms with E-state index >= 15 is 0 Å². The van der Waals surface area contributed by atoms with Crippen LogP contribution in [0.15, 0.2) is 78.9 Å². The first-order valence-electron chi connectivity index (χ1n) is 11.0. The number of benzene rings is 3. The van der Waals surface area contributed by atoms with Gasteiger partial charge in [-0.15, -0.1) is 0 Å². The molecule has 0 spiro atoms. The molecule has 0 saturated heterocycles. The standard InChI is InChI=1S/C28H27ClO2/c29-26-15-6-22(7-16-26)20-31-27-17-8-21(9-18-27)10-19-28(30)25-13-11-24(12-14-25)23-4-2-1-3-5-23/h6-19,23H,1-5,20H2/b19-10+. The van der Waals surface area contributed by atoms with E-state index < -0.39 is 0 Å². The first-order chi connectivity index (χ1) is 15.2. The second-order valence-electron chi connectivity index (χ2n) is 8.14. The molecule has 0 atom stereocenters. The van der Waals surface area contributed by atoms with E-state index in [1.807, 2.05) is 66.7 Å². The summed E-state index contributed by atoms with van der Waals surface area (Å²) in [5, 5.41) is 0.717. The van der Waals surface area contributed by atoms with Crippen molar-refractivity contribution < 1.29 is 9.53 Å². The third kappa shape index (κ3) is 6.08. The van der Waals surface area contributed by atoms with Crippen molar-refractivity contribution in [3.8, 4) is 5.75 Å². The molecule has 0 aliphatic heterocycles. The maximum atomic E-state index is 12.5. The summed E-state index contributed by atoms with van der Waals surface area (Å²) in [5.74, 6) is 1.48. The van der Waals surface area contributed by atoms with Crippen LogP contribution in [-0.2, 0) is 6.61 Å². The van der Waals surface area contributed by atoms with Crippen molar-refractivity contribution in [3.63, 3.8) is 0 Å². The van der Waals surface area contributed by atoms with Crippen LogP contribution in [0.1, 0.15) is 65.1 Å². The van der Waals surface area contributed by atoms with Crippen LogP contribution in [0.5, 0.6) is 5.75 Å². The van der Waals surface area contributed by atoms with Gasteiger partial charge in [0.2, 0.25) is 0 Å². The molecule has 1 aliphatic carbocycles. The van der Waals surface area contributed by atoms with E-state index in [0.717, 1.165) is 27.5 Å². The fraction of sp³-hybridized carbons (Fsp3) is 0.250. The molecule has 0 N–H and O–H groups in total. The third-order valence-electron chi connectivity index (χ3n) is 5.90. The lowest BCUT2D eigenvalue weighted by atomic mass is 9.84. The smallest absolute Gasteiger partial charge is 0.185 e. The predicted molar refractivity (Wildman–Crippen MR) is 128 cm³/mol. The Labute approximate surface area is 189 Å². The number of ether oxygens (including phenoxy) is 1. The van der Waals surface area contributed by atoms with Crippen molar-refractivity contribution >= 4 is 23.5 Å². The van der Waals surface area contributed by atoms with E-state index in [1.54, 1.807) is 6.08 Å². The van der Waals surface area contributed by atoms with Crippen LogP contribution >= 0.6 is 11.6 Å². The minimum atomic E-state index is 0.0262. The van der Waals surface area contributed by atoms with Crippen molar-refractivity contribution in [2.45, 2.75) is 44.6 Å². The van der Waals surface area contributed by atoms with E-state index in [2.05, 4.69) is 12.1 Å². The largest absolute Gasteiger partial charge is 0.489 e. The first-order valence-corrected chi connectivity index (χ1v) is 11.3. The molecule has 31 heavy (non-hydrogen) atoms. The monoisotopic (exact) mass is 430 g/mol. The fourth-order valence-electron chi connectivity index (χ4n) is 4.05. The zero-order valence-electron chi connectivity index (χ0n) is 17.6. The van der Waals surface area contributed by atoms with Crippen LogP contribution in [0.4, 0.5) is 0 Å². The molecule has 0 bridgehead atoms. The minimum absolute atomic E-state index is 0.0262. The molecule has 0 aromatic heterocycles. The summed E-state index contributed by atoms with van der Waals surface area (Å²) in [6.07, 6.45) is 10.0. The van der Waals surface area contributed by atoms with Gasteiger partial charge < -0.3 is 4.74 Å². The van der Waals surface area contributed by atoms with Crippen molar-refractivity contribution in [1.82, 2.24) is 0 Å². The van der Waals surface area contributed by atoms with Crippen molar-refractivity contribution in [1.29, 1.82) is 0 Å². The molecular weight excluding hydrogens is 404 g/mol. The molecular formula is C28H27ClO2. The summed E-state index contributed by atoms with van der Waals surface area (Å²) < 4.78 is 5.81. The molecule has 0 heterocycles. The average Bonchev–Trinajstić information content (AvgIpc) is 2.83. The van der Waals surface area contributed by atoms with Gasteiger partial charge in [0.15, 0.2) is 5.78 Å². The number of carbonyl (C=O) groups is 1. The first kappa shape index (κ1) is 21.4. The number of halogens is 1. The molecule has 0 amide bonds. The number of allylic oxidation sites excluding steroid dienone is 1. The van der Waals surface area contributed by atoms with Crippen molar-refractivity contribution in [2.24, 2.45) is 0 Å². The van der Waals surface area contributed by atoms with Gasteiger partial charge in [-0.25, -0.2) is 0 Å². The number of rotatable bonds is 7. The third-order valence-corrected chi connectivity index (χ3v) is 6.15. The van der Waals surface area contributed by atoms with Gasteiger partial charge in [0, 0.05) is 10.6 Å². The van der Waals surface area contributed by atoms with Gasteiger partial charge in [0.1, 0.15) is 12.4 Å². The summed E-state index contributed by atoms with van der Waals surface area (Å²) in [6, 6.07) is 23.5. The van der Waals surface area contributed by atoms with Crippen LogP contribution < -0.4 is 4.74 Å². The quantitative estimate of drug-likeness (QED) is 0.281. The molecule has 3 aromatic carbocycles. The highest BCUT2D eigenvalue weighted by Gasteiger charge is 2.15. The minimum Gasteiger partial charge on any atom is -0.489 e. The van der Waals surface area contributed by atoms with Gasteiger partial charge in [-0.2, -0.15) is 0 Å². The summed E-state index contributed by atoms with van der Waals surface area (Å²) in [5.41, 5.74) is 4.13. The van der Waals surface area contributed by atoms with Crippen LogP contribution in [0, 0.1) is 0 Å². The Hall–Kier alpha value is -2.84. The normalized spacial score (nSPS) is 14.6. The second kappa shape index (κ2) is 10.5. The van der Waals surface area contributed by atoms with Gasteiger partial charge in [0.25, 0.3) is 0 Å². The van der Waals surface area contributed by atoms with E-state index in [9.17, 15) is 4.79 Å². The molecule has 3 heteroatoms. The highest BCUT2D eigenvalue weighted by Crippen LogP contribution is 2.32. The lowest BCUT2D eigenvalue weighted by Gasteiger charge is -2.21. The van der Waals surface area contributed by atoms with Gasteiger partial charge in [-0.3, -0.25) is 4.79 Å². The molecule has 1 aliphatic rings. The van der Waals surface area contributed by atoms with Gasteiger partial charge in [-0.1, -0.05) is 85.5 Å². The molecule has 0 unspecified atom stereocenters. The van der Waals surface area contributed by atoms with E-state index in [4.69, 9.17) is 16.3 Å². The fourth-order valence-corrected chi connectivity index (χ4v) is 4.17. The van der Waals surface area contributed by atoms with Gasteiger partial charge >= 0.3 is 0 Å². The zero-order chi connectivity index (χ0) is 21.5. The Bertz CT molecular complexity index is 1010. The predicted octanol–water partition coefficient (Wildman–Crippen LogP) is 7.86. The van der Waals surface area contributed by atoms with Gasteiger partial charge in [-0.05, 0) is 65.8 Å². The van der Waals surface area contributed by atoms with E-state index in [1.165, 1.54) is 37.7 Å². The SMILES string of the molecule is O=C(/C=C/c1ccc(OCc2ccc(Cl)cc2)cc1)c1ccc(C2CCCCC2)cc1. The Morgan fingerprint density at radius 2 is 1.55 bits per heavy atom. The van der Waals surface area contributed by atoms with Crippen LogP contribution in [-0.4, -0.2) is 5.78 Å². The van der Waals surface area contributed by atoms with Gasteiger partial charge in [0.05, 0.1) is 0 Å². The zero-order valence-corrected chi connectivity index (χ0v) is 18.4. The topological polar surface area (TPSA) is 26.3 Å². The highest BCUT2D eigenvalue weighted by molar-refractivity contribution is 6.30. The van der Waals surface area contributed by atoms with Crippen molar-refractivity contribution in [3.05, 3.63) is 106 Å². The van der Waals surface area contributed by atoms with Crippen molar-refractivity contribution in [2.75, 3.05) is 0 Å². The molecule has 2 nitrogen and oxygen atoms in total.